The maximum Gasteiger partial charge on any atom is 0.137 e. The van der Waals surface area contributed by atoms with E-state index in [4.69, 9.17) is 21.1 Å². The largest absolute Gasteiger partial charge is 0.385 e. The molecule has 1 aromatic rings. The molecule has 0 N–H and O–H groups in total. The number of ether oxygens (including phenoxy) is 2. The lowest BCUT2D eigenvalue weighted by Gasteiger charge is -2.25. The quantitative estimate of drug-likeness (QED) is 0.515. The number of methoxy groups -OCH3 is 2. The van der Waals surface area contributed by atoms with Crippen LogP contribution < -0.4 is 4.90 Å². The van der Waals surface area contributed by atoms with Crippen molar-refractivity contribution in [2.45, 2.75) is 19.8 Å². The Hall–Kier alpha value is -0.910. The molecule has 0 saturated carbocycles. The topological polar surface area (TPSA) is 47.5 Å². The third kappa shape index (κ3) is 4.93. The fraction of sp³-hybridized carbons (Fsp3) is 0.692. The van der Waals surface area contributed by atoms with Crippen LogP contribution in [0, 0.1) is 0 Å². The summed E-state index contributed by atoms with van der Waals surface area (Å²) < 4.78 is 10.3. The van der Waals surface area contributed by atoms with Crippen molar-refractivity contribution in [3.05, 3.63) is 17.0 Å². The van der Waals surface area contributed by atoms with Gasteiger partial charge in [-0.2, -0.15) is 0 Å². The Labute approximate surface area is 119 Å². The van der Waals surface area contributed by atoms with Gasteiger partial charge in [-0.3, -0.25) is 0 Å². The number of hydrogen-bond acceptors (Lipinski definition) is 5. The highest BCUT2D eigenvalue weighted by Gasteiger charge is 2.14. The van der Waals surface area contributed by atoms with E-state index in [1.807, 2.05) is 0 Å². The second kappa shape index (κ2) is 9.07. The van der Waals surface area contributed by atoms with Crippen LogP contribution in [0.4, 0.5) is 5.82 Å². The Bertz CT molecular complexity index is 377. The molecule has 0 aliphatic heterocycles. The molecule has 0 spiro atoms. The van der Waals surface area contributed by atoms with Gasteiger partial charge in [0.2, 0.25) is 0 Å². The Morgan fingerprint density at radius 2 is 1.89 bits per heavy atom. The van der Waals surface area contributed by atoms with Gasteiger partial charge in [-0.25, -0.2) is 9.97 Å². The Morgan fingerprint density at radius 3 is 2.53 bits per heavy atom. The molecule has 1 heterocycles. The van der Waals surface area contributed by atoms with Crippen LogP contribution in [0.25, 0.3) is 0 Å². The highest BCUT2D eigenvalue weighted by Crippen LogP contribution is 2.23. The number of anilines is 1. The Kier molecular flexibility index (Phi) is 7.70. The SMILES string of the molecule is CCc1c(Cl)ncnc1N(CCCOC)CCOC. The van der Waals surface area contributed by atoms with Crippen molar-refractivity contribution in [3.63, 3.8) is 0 Å². The van der Waals surface area contributed by atoms with Crippen molar-refractivity contribution in [2.24, 2.45) is 0 Å². The highest BCUT2D eigenvalue weighted by molar-refractivity contribution is 6.30. The van der Waals surface area contributed by atoms with Gasteiger partial charge in [0.15, 0.2) is 0 Å². The fourth-order valence-corrected chi connectivity index (χ4v) is 2.15. The molecule has 0 fully saturated rings. The third-order valence-electron chi connectivity index (χ3n) is 2.86. The first kappa shape index (κ1) is 16.1. The van der Waals surface area contributed by atoms with Crippen molar-refractivity contribution in [1.29, 1.82) is 0 Å². The van der Waals surface area contributed by atoms with E-state index in [9.17, 15) is 0 Å². The van der Waals surface area contributed by atoms with Crippen LogP contribution in [0.15, 0.2) is 6.33 Å². The van der Waals surface area contributed by atoms with E-state index >= 15 is 0 Å². The van der Waals surface area contributed by atoms with Gasteiger partial charge >= 0.3 is 0 Å². The van der Waals surface area contributed by atoms with Crippen molar-refractivity contribution in [2.75, 3.05) is 45.4 Å². The molecule has 0 aliphatic rings. The zero-order valence-corrected chi connectivity index (χ0v) is 12.6. The predicted octanol–water partition coefficient (Wildman–Crippen LogP) is 2.18. The lowest BCUT2D eigenvalue weighted by Crippen LogP contribution is -2.31. The van der Waals surface area contributed by atoms with Crippen LogP contribution in [0.1, 0.15) is 18.9 Å². The van der Waals surface area contributed by atoms with E-state index in [1.165, 1.54) is 6.33 Å². The maximum absolute atomic E-state index is 6.14. The van der Waals surface area contributed by atoms with Gasteiger partial charge in [-0.05, 0) is 12.8 Å². The summed E-state index contributed by atoms with van der Waals surface area (Å²) in [5, 5.41) is 0.529. The fourth-order valence-electron chi connectivity index (χ4n) is 1.88. The second-order valence-electron chi connectivity index (χ2n) is 4.15. The molecule has 0 saturated heterocycles. The van der Waals surface area contributed by atoms with Gasteiger partial charge < -0.3 is 14.4 Å². The lowest BCUT2D eigenvalue weighted by atomic mass is 10.2. The Balaban J connectivity index is 2.85. The number of halogens is 1. The molecule has 0 amide bonds. The van der Waals surface area contributed by atoms with Gasteiger partial charge in [0.05, 0.1) is 6.61 Å². The van der Waals surface area contributed by atoms with E-state index in [2.05, 4.69) is 21.8 Å². The molecule has 0 aliphatic carbocycles. The second-order valence-corrected chi connectivity index (χ2v) is 4.50. The summed E-state index contributed by atoms with van der Waals surface area (Å²) in [6, 6.07) is 0. The number of rotatable bonds is 9. The third-order valence-corrected chi connectivity index (χ3v) is 3.19. The summed E-state index contributed by atoms with van der Waals surface area (Å²) in [7, 11) is 3.40. The molecule has 0 bridgehead atoms. The zero-order valence-electron chi connectivity index (χ0n) is 11.9. The predicted molar refractivity (Wildman–Crippen MR) is 77.0 cm³/mol. The van der Waals surface area contributed by atoms with E-state index < -0.39 is 0 Å². The van der Waals surface area contributed by atoms with Crippen molar-refractivity contribution in [1.82, 2.24) is 9.97 Å². The van der Waals surface area contributed by atoms with Crippen molar-refractivity contribution >= 4 is 17.4 Å². The van der Waals surface area contributed by atoms with Crippen LogP contribution in [-0.2, 0) is 15.9 Å². The van der Waals surface area contributed by atoms with Crippen molar-refractivity contribution < 1.29 is 9.47 Å². The summed E-state index contributed by atoms with van der Waals surface area (Å²) in [6.45, 7) is 5.07. The average molecular weight is 288 g/mol. The molecule has 0 atom stereocenters. The smallest absolute Gasteiger partial charge is 0.137 e. The van der Waals surface area contributed by atoms with Crippen LogP contribution in [0.5, 0.6) is 0 Å². The molecular weight excluding hydrogens is 266 g/mol. The molecule has 6 heteroatoms. The van der Waals surface area contributed by atoms with Gasteiger partial charge in [0.25, 0.3) is 0 Å². The van der Waals surface area contributed by atoms with E-state index in [0.717, 1.165) is 43.9 Å². The van der Waals surface area contributed by atoms with Crippen LogP contribution in [0.3, 0.4) is 0 Å². The first-order chi connectivity index (χ1) is 9.24. The summed E-state index contributed by atoms with van der Waals surface area (Å²) in [4.78, 5) is 10.6. The van der Waals surface area contributed by atoms with Crippen LogP contribution in [-0.4, -0.2) is 50.5 Å². The van der Waals surface area contributed by atoms with Gasteiger partial charge in [-0.1, -0.05) is 18.5 Å². The molecule has 108 valence electrons. The maximum atomic E-state index is 6.14. The lowest BCUT2D eigenvalue weighted by molar-refractivity contribution is 0.191. The molecular formula is C13H22ClN3O2. The van der Waals surface area contributed by atoms with Crippen molar-refractivity contribution in [3.8, 4) is 0 Å². The van der Waals surface area contributed by atoms with Gasteiger partial charge in [0.1, 0.15) is 17.3 Å². The van der Waals surface area contributed by atoms with Gasteiger partial charge in [-0.15, -0.1) is 0 Å². The molecule has 0 unspecified atom stereocenters. The summed E-state index contributed by atoms with van der Waals surface area (Å²) in [6.07, 6.45) is 3.25. The summed E-state index contributed by atoms with van der Waals surface area (Å²) >= 11 is 6.14. The molecule has 0 radical (unpaired) electrons. The first-order valence-corrected chi connectivity index (χ1v) is 6.84. The average Bonchev–Trinajstić information content (AvgIpc) is 2.42. The molecule has 5 nitrogen and oxygen atoms in total. The normalized spacial score (nSPS) is 10.7. The summed E-state index contributed by atoms with van der Waals surface area (Å²) in [5.41, 5.74) is 0.984. The molecule has 0 aromatic carbocycles. The highest BCUT2D eigenvalue weighted by atomic mass is 35.5. The van der Waals surface area contributed by atoms with Gasteiger partial charge in [0, 0.05) is 39.5 Å². The first-order valence-electron chi connectivity index (χ1n) is 6.46. The van der Waals surface area contributed by atoms with Crippen LogP contribution in [0.2, 0.25) is 5.15 Å². The number of aromatic nitrogens is 2. The standard InChI is InChI=1S/C13H22ClN3O2/c1-4-11-12(14)15-10-16-13(11)17(7-9-19-3)6-5-8-18-2/h10H,4-9H2,1-3H3. The molecule has 19 heavy (non-hydrogen) atoms. The number of nitrogens with zero attached hydrogens (tertiary/aromatic N) is 3. The van der Waals surface area contributed by atoms with E-state index in [0.29, 0.717) is 11.8 Å². The Morgan fingerprint density at radius 1 is 1.16 bits per heavy atom. The monoisotopic (exact) mass is 287 g/mol. The van der Waals surface area contributed by atoms with Crippen LogP contribution >= 0.6 is 11.6 Å². The minimum atomic E-state index is 0.529. The summed E-state index contributed by atoms with van der Waals surface area (Å²) in [5.74, 6) is 0.899. The molecule has 1 aromatic heterocycles. The molecule has 1 rings (SSSR count). The minimum absolute atomic E-state index is 0.529. The zero-order chi connectivity index (χ0) is 14.1. The number of hydrogen-bond donors (Lipinski definition) is 0. The van der Waals surface area contributed by atoms with E-state index in [1.54, 1.807) is 14.2 Å². The van der Waals surface area contributed by atoms with E-state index in [-0.39, 0.29) is 0 Å². The minimum Gasteiger partial charge on any atom is -0.385 e.